The van der Waals surface area contributed by atoms with Gasteiger partial charge in [-0.2, -0.15) is 8.42 Å². The van der Waals surface area contributed by atoms with Crippen molar-refractivity contribution >= 4 is 22.2 Å². The third-order valence-corrected chi connectivity index (χ3v) is 2.86. The number of carbonyl (C=O) groups excluding carboxylic acids is 1. The van der Waals surface area contributed by atoms with Gasteiger partial charge in [-0.1, -0.05) is 36.9 Å². The predicted octanol–water partition coefficient (Wildman–Crippen LogP) is 2.05. The molecule has 6 nitrogen and oxygen atoms in total. The summed E-state index contributed by atoms with van der Waals surface area (Å²) in [7, 11) is -4.00. The van der Waals surface area contributed by atoms with Crippen LogP contribution in [0.25, 0.3) is 6.08 Å². The van der Waals surface area contributed by atoms with Gasteiger partial charge >= 0.3 is 5.97 Å². The molecular weight excluding hydrogens is 308 g/mol. The zero-order valence-corrected chi connectivity index (χ0v) is 13.0. The van der Waals surface area contributed by atoms with Crippen molar-refractivity contribution in [3.05, 3.63) is 53.5 Å². The Kier molecular flexibility index (Phi) is 6.97. The molecule has 1 aliphatic heterocycles. The minimum absolute atomic E-state index is 0.142. The summed E-state index contributed by atoms with van der Waals surface area (Å²) in [6.45, 7) is 6.14. The molecule has 1 aliphatic rings. The Morgan fingerprint density at radius 2 is 2.05 bits per heavy atom. The molecule has 22 heavy (non-hydrogen) atoms. The molecule has 1 heterocycles. The van der Waals surface area contributed by atoms with E-state index in [1.807, 2.05) is 6.07 Å². The number of carbonyl (C=O) groups is 1. The molecule has 1 saturated heterocycles. The molecule has 7 heteroatoms. The van der Waals surface area contributed by atoms with Crippen molar-refractivity contribution < 1.29 is 27.2 Å². The second-order valence-electron chi connectivity index (χ2n) is 4.56. The second kappa shape index (κ2) is 8.47. The topological polar surface area (TPSA) is 93.2 Å². The van der Waals surface area contributed by atoms with Crippen LogP contribution in [0, 0.1) is 0 Å². The van der Waals surface area contributed by atoms with Gasteiger partial charge in [0.05, 0.1) is 12.0 Å². The zero-order chi connectivity index (χ0) is 16.6. The van der Waals surface area contributed by atoms with E-state index >= 15 is 0 Å². The lowest BCUT2D eigenvalue weighted by Crippen LogP contribution is -2.09. The van der Waals surface area contributed by atoms with Crippen LogP contribution in [0.1, 0.15) is 12.5 Å². The highest BCUT2D eigenvalue weighted by atomic mass is 32.2. The third kappa shape index (κ3) is 9.06. The molecule has 2 rings (SSSR count). The molecule has 1 aromatic rings. The summed E-state index contributed by atoms with van der Waals surface area (Å²) < 4.78 is 38.5. The van der Waals surface area contributed by atoms with Crippen LogP contribution in [0.2, 0.25) is 0 Å². The lowest BCUT2D eigenvalue weighted by atomic mass is 10.2. The predicted molar refractivity (Wildman–Crippen MR) is 82.5 cm³/mol. The molecule has 1 atom stereocenters. The van der Waals surface area contributed by atoms with E-state index in [1.54, 1.807) is 31.2 Å². The number of rotatable bonds is 5. The molecule has 1 N–H and O–H groups in total. The van der Waals surface area contributed by atoms with Gasteiger partial charge in [-0.25, -0.2) is 4.79 Å². The Morgan fingerprint density at radius 3 is 2.50 bits per heavy atom. The molecule has 1 aromatic carbocycles. The Labute approximate surface area is 129 Å². The molecule has 1 fully saturated rings. The molecule has 0 bridgehead atoms. The van der Waals surface area contributed by atoms with Crippen molar-refractivity contribution in [2.75, 3.05) is 13.2 Å². The molecule has 1 unspecified atom stereocenters. The first-order valence-corrected chi connectivity index (χ1v) is 7.93. The molecule has 0 spiro atoms. The largest absolute Gasteiger partial charge is 0.459 e. The van der Waals surface area contributed by atoms with E-state index in [9.17, 15) is 13.2 Å². The van der Waals surface area contributed by atoms with Crippen LogP contribution < -0.4 is 0 Å². The monoisotopic (exact) mass is 326 g/mol. The fourth-order valence-electron chi connectivity index (χ4n) is 1.18. The smallest absolute Gasteiger partial charge is 0.333 e. The van der Waals surface area contributed by atoms with Crippen LogP contribution in [-0.4, -0.2) is 38.3 Å². The lowest BCUT2D eigenvalue weighted by Gasteiger charge is -1.99. The SMILES string of the molecule is C=C(C)C(=O)OCC1CO1.O=S(=O)(O)C=Cc1ccccc1. The number of epoxide rings is 1. The van der Waals surface area contributed by atoms with Gasteiger partial charge in [0.2, 0.25) is 0 Å². The summed E-state index contributed by atoms with van der Waals surface area (Å²) in [5.74, 6) is -0.337. The Balaban J connectivity index is 0.000000224. The van der Waals surface area contributed by atoms with Gasteiger partial charge in [0.1, 0.15) is 12.7 Å². The summed E-state index contributed by atoms with van der Waals surface area (Å²) in [4.78, 5) is 10.7. The van der Waals surface area contributed by atoms with Gasteiger partial charge in [0, 0.05) is 5.57 Å². The second-order valence-corrected chi connectivity index (χ2v) is 5.86. The van der Waals surface area contributed by atoms with Crippen LogP contribution in [-0.2, 0) is 24.4 Å². The normalized spacial score (nSPS) is 16.5. The summed E-state index contributed by atoms with van der Waals surface area (Å²) in [5, 5.41) is 0.752. The maximum absolute atomic E-state index is 10.7. The van der Waals surface area contributed by atoms with Crippen molar-refractivity contribution in [2.45, 2.75) is 13.0 Å². The van der Waals surface area contributed by atoms with E-state index in [1.165, 1.54) is 6.08 Å². The van der Waals surface area contributed by atoms with Crippen LogP contribution in [0.5, 0.6) is 0 Å². The van der Waals surface area contributed by atoms with Crippen molar-refractivity contribution in [1.29, 1.82) is 0 Å². The maximum Gasteiger partial charge on any atom is 0.333 e. The molecule has 120 valence electrons. The summed E-state index contributed by atoms with van der Waals surface area (Å²) in [6.07, 6.45) is 1.47. The molecule has 0 radical (unpaired) electrons. The van der Waals surface area contributed by atoms with Crippen molar-refractivity contribution in [1.82, 2.24) is 0 Å². The van der Waals surface area contributed by atoms with Gasteiger partial charge in [-0.05, 0) is 18.6 Å². The summed E-state index contributed by atoms with van der Waals surface area (Å²) >= 11 is 0. The van der Waals surface area contributed by atoms with E-state index in [0.29, 0.717) is 18.8 Å². The van der Waals surface area contributed by atoms with Gasteiger partial charge in [0.15, 0.2) is 0 Å². The van der Waals surface area contributed by atoms with E-state index in [-0.39, 0.29) is 12.1 Å². The number of hydrogen-bond donors (Lipinski definition) is 1. The maximum atomic E-state index is 10.7. The minimum Gasteiger partial charge on any atom is -0.459 e. The standard InChI is InChI=1S/C8H8O3S.C7H10O3/c9-12(10,11)7-6-8-4-2-1-3-5-8;1-5(2)7(8)10-4-6-3-9-6/h1-7H,(H,9,10,11);6H,1,3-4H2,2H3. The molecule has 0 aliphatic carbocycles. The molecule has 0 amide bonds. The molecular formula is C15H18O6S. The number of esters is 1. The Bertz CT molecular complexity index is 629. The lowest BCUT2D eigenvalue weighted by molar-refractivity contribution is -0.139. The van der Waals surface area contributed by atoms with Crippen molar-refractivity contribution in [2.24, 2.45) is 0 Å². The average Bonchev–Trinajstić information content (AvgIpc) is 3.28. The van der Waals surface area contributed by atoms with Crippen LogP contribution in [0.3, 0.4) is 0 Å². The van der Waals surface area contributed by atoms with Gasteiger partial charge in [0.25, 0.3) is 10.1 Å². The highest BCUT2D eigenvalue weighted by Gasteiger charge is 2.24. The van der Waals surface area contributed by atoms with Crippen molar-refractivity contribution in [3.63, 3.8) is 0 Å². The Morgan fingerprint density at radius 1 is 1.45 bits per heavy atom. The first kappa shape index (κ1) is 18.1. The minimum atomic E-state index is -4.00. The van der Waals surface area contributed by atoms with Crippen LogP contribution >= 0.6 is 0 Å². The molecule has 0 saturated carbocycles. The fourth-order valence-corrected chi connectivity index (χ4v) is 1.51. The van der Waals surface area contributed by atoms with Gasteiger partial charge < -0.3 is 9.47 Å². The zero-order valence-electron chi connectivity index (χ0n) is 12.1. The third-order valence-electron chi connectivity index (χ3n) is 2.38. The molecule has 0 aromatic heterocycles. The summed E-state index contributed by atoms with van der Waals surface area (Å²) in [6, 6.07) is 8.86. The highest BCUT2D eigenvalue weighted by molar-refractivity contribution is 7.88. The first-order valence-electron chi connectivity index (χ1n) is 6.43. The van der Waals surface area contributed by atoms with E-state index < -0.39 is 10.1 Å². The average molecular weight is 326 g/mol. The fraction of sp³-hybridized carbons (Fsp3) is 0.267. The van der Waals surface area contributed by atoms with Crippen LogP contribution in [0.15, 0.2) is 47.9 Å². The van der Waals surface area contributed by atoms with E-state index in [0.717, 1.165) is 11.0 Å². The summed E-state index contributed by atoms with van der Waals surface area (Å²) in [5.41, 5.74) is 1.16. The number of benzene rings is 1. The van der Waals surface area contributed by atoms with E-state index in [4.69, 9.17) is 14.0 Å². The quantitative estimate of drug-likeness (QED) is 0.385. The van der Waals surface area contributed by atoms with Crippen molar-refractivity contribution in [3.8, 4) is 0 Å². The number of ether oxygens (including phenoxy) is 2. The van der Waals surface area contributed by atoms with Gasteiger partial charge in [-0.3, -0.25) is 4.55 Å². The van der Waals surface area contributed by atoms with E-state index in [2.05, 4.69) is 6.58 Å². The first-order chi connectivity index (χ1) is 10.3. The highest BCUT2D eigenvalue weighted by Crippen LogP contribution is 2.09. The van der Waals surface area contributed by atoms with Gasteiger partial charge in [-0.15, -0.1) is 0 Å². The van der Waals surface area contributed by atoms with Crippen LogP contribution in [0.4, 0.5) is 0 Å². The Hall–Kier alpha value is -1.96. The number of hydrogen-bond acceptors (Lipinski definition) is 5.